The second kappa shape index (κ2) is 9.18. The zero-order valence-corrected chi connectivity index (χ0v) is 14.7. The van der Waals surface area contributed by atoms with Gasteiger partial charge < -0.3 is 14.8 Å². The Kier molecular flexibility index (Phi) is 6.94. The smallest absolute Gasteiger partial charge is 0.258 e. The van der Waals surface area contributed by atoms with E-state index in [4.69, 9.17) is 21.1 Å². The molecule has 1 amide bonds. The normalized spacial score (nSPS) is 10.5. The number of amides is 1. The third-order valence-corrected chi connectivity index (χ3v) is 3.68. The Morgan fingerprint density at radius 1 is 1.00 bits per heavy atom. The van der Waals surface area contributed by atoms with E-state index in [1.165, 1.54) is 5.56 Å². The van der Waals surface area contributed by atoms with Crippen LogP contribution >= 0.6 is 11.6 Å². The lowest BCUT2D eigenvalue weighted by Crippen LogP contribution is -2.32. The van der Waals surface area contributed by atoms with Crippen molar-refractivity contribution in [2.75, 3.05) is 19.8 Å². The molecule has 0 atom stereocenters. The Labute approximate surface area is 147 Å². The fourth-order valence-electron chi connectivity index (χ4n) is 2.04. The third kappa shape index (κ3) is 6.13. The molecule has 2 rings (SSSR count). The first-order valence-corrected chi connectivity index (χ1v) is 8.30. The number of carbonyl (C=O) groups is 1. The average molecular weight is 348 g/mol. The number of carbonyl (C=O) groups excluding carboxylic acids is 1. The molecular formula is C19H22ClNO3. The van der Waals surface area contributed by atoms with E-state index in [2.05, 4.69) is 31.3 Å². The van der Waals surface area contributed by atoms with Crippen molar-refractivity contribution in [2.24, 2.45) is 0 Å². The van der Waals surface area contributed by atoms with Crippen molar-refractivity contribution >= 4 is 17.5 Å². The summed E-state index contributed by atoms with van der Waals surface area (Å²) in [6.45, 7) is 5.10. The molecule has 0 aliphatic rings. The zero-order chi connectivity index (χ0) is 17.4. The topological polar surface area (TPSA) is 47.6 Å². The molecule has 0 aliphatic heterocycles. The summed E-state index contributed by atoms with van der Waals surface area (Å²) in [5.41, 5.74) is 1.27. The van der Waals surface area contributed by atoms with Crippen LogP contribution < -0.4 is 14.8 Å². The Bertz CT molecular complexity index is 639. The van der Waals surface area contributed by atoms with Gasteiger partial charge in [-0.3, -0.25) is 4.79 Å². The van der Waals surface area contributed by atoms with Gasteiger partial charge in [-0.1, -0.05) is 37.6 Å². The lowest BCUT2D eigenvalue weighted by molar-refractivity contribution is -0.123. The third-order valence-electron chi connectivity index (χ3n) is 3.42. The first kappa shape index (κ1) is 18.1. The summed E-state index contributed by atoms with van der Waals surface area (Å²) in [6.07, 6.45) is 0. The van der Waals surface area contributed by atoms with Crippen molar-refractivity contribution in [1.82, 2.24) is 5.32 Å². The molecule has 0 bridgehead atoms. The maximum Gasteiger partial charge on any atom is 0.258 e. The molecule has 24 heavy (non-hydrogen) atoms. The lowest BCUT2D eigenvalue weighted by atomic mass is 10.0. The molecular weight excluding hydrogens is 326 g/mol. The van der Waals surface area contributed by atoms with Crippen LogP contribution in [0.1, 0.15) is 25.3 Å². The summed E-state index contributed by atoms with van der Waals surface area (Å²) in [7, 11) is 0. The van der Waals surface area contributed by atoms with Crippen LogP contribution in [0.25, 0.3) is 0 Å². The molecule has 0 radical (unpaired) electrons. The lowest BCUT2D eigenvalue weighted by Gasteiger charge is -2.10. The van der Waals surface area contributed by atoms with Crippen LogP contribution in [0.15, 0.2) is 48.5 Å². The summed E-state index contributed by atoms with van der Waals surface area (Å²) < 4.78 is 11.0. The fourth-order valence-corrected chi connectivity index (χ4v) is 2.17. The molecule has 0 aliphatic carbocycles. The fraction of sp³-hybridized carbons (Fsp3) is 0.316. The standard InChI is InChI=1S/C19H22ClNO3/c1-14(2)15-3-7-17(8-4-15)23-12-11-21-19(22)13-24-18-9-5-16(20)6-10-18/h3-10,14H,11-13H2,1-2H3,(H,21,22). The zero-order valence-electron chi connectivity index (χ0n) is 13.9. The van der Waals surface area contributed by atoms with E-state index in [1.807, 2.05) is 12.1 Å². The maximum atomic E-state index is 11.7. The van der Waals surface area contributed by atoms with Gasteiger partial charge in [0.05, 0.1) is 6.54 Å². The minimum atomic E-state index is -0.191. The molecule has 0 saturated carbocycles. The molecule has 0 heterocycles. The first-order chi connectivity index (χ1) is 11.5. The molecule has 0 aromatic heterocycles. The Balaban J connectivity index is 1.63. The number of nitrogens with one attached hydrogen (secondary N) is 1. The van der Waals surface area contributed by atoms with Crippen molar-refractivity contribution < 1.29 is 14.3 Å². The summed E-state index contributed by atoms with van der Waals surface area (Å²) in [4.78, 5) is 11.7. The molecule has 2 aromatic rings. The van der Waals surface area contributed by atoms with E-state index in [9.17, 15) is 4.79 Å². The van der Waals surface area contributed by atoms with E-state index in [0.717, 1.165) is 5.75 Å². The van der Waals surface area contributed by atoms with Gasteiger partial charge in [0.2, 0.25) is 0 Å². The number of rotatable bonds is 8. The maximum absolute atomic E-state index is 11.7. The van der Waals surface area contributed by atoms with E-state index >= 15 is 0 Å². The van der Waals surface area contributed by atoms with Crippen LogP contribution in [-0.4, -0.2) is 25.7 Å². The molecule has 0 saturated heterocycles. The first-order valence-electron chi connectivity index (χ1n) is 7.92. The number of hydrogen-bond donors (Lipinski definition) is 1. The second-order valence-corrected chi connectivity index (χ2v) is 6.10. The van der Waals surface area contributed by atoms with Gasteiger partial charge in [-0.05, 0) is 47.9 Å². The molecule has 0 unspecified atom stereocenters. The quantitative estimate of drug-likeness (QED) is 0.733. The molecule has 0 spiro atoms. The predicted octanol–water partition coefficient (Wildman–Crippen LogP) is 4.04. The van der Waals surface area contributed by atoms with Crippen molar-refractivity contribution in [2.45, 2.75) is 19.8 Å². The summed E-state index contributed by atoms with van der Waals surface area (Å²) >= 11 is 5.78. The van der Waals surface area contributed by atoms with Crippen LogP contribution in [0.4, 0.5) is 0 Å². The van der Waals surface area contributed by atoms with E-state index in [1.54, 1.807) is 24.3 Å². The molecule has 0 fully saturated rings. The molecule has 5 heteroatoms. The van der Waals surface area contributed by atoms with Gasteiger partial charge in [0.25, 0.3) is 5.91 Å². The van der Waals surface area contributed by atoms with Crippen LogP contribution in [0, 0.1) is 0 Å². The number of benzene rings is 2. The monoisotopic (exact) mass is 347 g/mol. The number of hydrogen-bond acceptors (Lipinski definition) is 3. The minimum absolute atomic E-state index is 0.0370. The predicted molar refractivity (Wildman–Crippen MR) is 96.0 cm³/mol. The van der Waals surface area contributed by atoms with Crippen LogP contribution in [-0.2, 0) is 4.79 Å². The van der Waals surface area contributed by atoms with Crippen LogP contribution in [0.3, 0.4) is 0 Å². The van der Waals surface area contributed by atoms with Crippen molar-refractivity contribution in [1.29, 1.82) is 0 Å². The van der Waals surface area contributed by atoms with Crippen LogP contribution in [0.5, 0.6) is 11.5 Å². The van der Waals surface area contributed by atoms with Gasteiger partial charge in [0.1, 0.15) is 18.1 Å². The summed E-state index contributed by atoms with van der Waals surface area (Å²) in [6, 6.07) is 14.9. The molecule has 2 aromatic carbocycles. The molecule has 1 N–H and O–H groups in total. The van der Waals surface area contributed by atoms with Gasteiger partial charge in [-0.2, -0.15) is 0 Å². The van der Waals surface area contributed by atoms with Gasteiger partial charge in [-0.25, -0.2) is 0 Å². The van der Waals surface area contributed by atoms with E-state index in [0.29, 0.717) is 29.8 Å². The number of ether oxygens (including phenoxy) is 2. The minimum Gasteiger partial charge on any atom is -0.492 e. The second-order valence-electron chi connectivity index (χ2n) is 5.66. The highest BCUT2D eigenvalue weighted by molar-refractivity contribution is 6.30. The van der Waals surface area contributed by atoms with E-state index in [-0.39, 0.29) is 12.5 Å². The summed E-state index contributed by atoms with van der Waals surface area (Å²) in [5.74, 6) is 1.71. The van der Waals surface area contributed by atoms with Gasteiger partial charge >= 0.3 is 0 Å². The number of halogens is 1. The van der Waals surface area contributed by atoms with Gasteiger partial charge in [-0.15, -0.1) is 0 Å². The highest BCUT2D eigenvalue weighted by Crippen LogP contribution is 2.18. The van der Waals surface area contributed by atoms with Crippen molar-refractivity contribution in [3.63, 3.8) is 0 Å². The Hall–Kier alpha value is -2.20. The van der Waals surface area contributed by atoms with Crippen molar-refractivity contribution in [3.8, 4) is 11.5 Å². The highest BCUT2D eigenvalue weighted by atomic mass is 35.5. The Morgan fingerprint density at radius 2 is 1.58 bits per heavy atom. The van der Waals surface area contributed by atoms with Gasteiger partial charge in [0.15, 0.2) is 6.61 Å². The molecule has 128 valence electrons. The van der Waals surface area contributed by atoms with Crippen LogP contribution in [0.2, 0.25) is 5.02 Å². The summed E-state index contributed by atoms with van der Waals surface area (Å²) in [5, 5.41) is 3.38. The SMILES string of the molecule is CC(C)c1ccc(OCCNC(=O)COc2ccc(Cl)cc2)cc1. The highest BCUT2D eigenvalue weighted by Gasteiger charge is 2.03. The van der Waals surface area contributed by atoms with Crippen molar-refractivity contribution in [3.05, 3.63) is 59.1 Å². The Morgan fingerprint density at radius 3 is 2.21 bits per heavy atom. The average Bonchev–Trinajstić information content (AvgIpc) is 2.58. The molecule has 4 nitrogen and oxygen atoms in total. The largest absolute Gasteiger partial charge is 0.492 e. The van der Waals surface area contributed by atoms with Gasteiger partial charge in [0, 0.05) is 5.02 Å². The van der Waals surface area contributed by atoms with E-state index < -0.39 is 0 Å².